The molecule has 1 heterocycles. The number of carbonyl (C=O) groups excluding carboxylic acids is 1. The summed E-state index contributed by atoms with van der Waals surface area (Å²) >= 11 is 1.51. The molecule has 1 N–H and O–H groups in total. The van der Waals surface area contributed by atoms with Crippen molar-refractivity contribution in [3.63, 3.8) is 0 Å². The molecule has 3 nitrogen and oxygen atoms in total. The van der Waals surface area contributed by atoms with Crippen LogP contribution < -0.4 is 0 Å². The predicted octanol–water partition coefficient (Wildman–Crippen LogP) is 2.91. The molecule has 1 aromatic carbocycles. The largest absolute Gasteiger partial charge is 0.507 e. The van der Waals surface area contributed by atoms with Crippen LogP contribution in [0.1, 0.15) is 10.4 Å². The van der Waals surface area contributed by atoms with E-state index >= 15 is 0 Å². The monoisotopic (exact) mass is 234 g/mol. The van der Waals surface area contributed by atoms with E-state index in [1.165, 1.54) is 24.5 Å². The number of phenols is 1. The van der Waals surface area contributed by atoms with E-state index in [4.69, 9.17) is 0 Å². The second-order valence-electron chi connectivity index (χ2n) is 3.17. The Morgan fingerprint density at radius 2 is 2.12 bits per heavy atom. The first-order valence-electron chi connectivity index (χ1n) is 4.68. The molecule has 2 rings (SSSR count). The van der Waals surface area contributed by atoms with Crippen LogP contribution in [0.5, 0.6) is 5.75 Å². The summed E-state index contributed by atoms with van der Waals surface area (Å²) in [7, 11) is 1.30. The molecule has 0 amide bonds. The van der Waals surface area contributed by atoms with Gasteiger partial charge in [-0.05, 0) is 17.5 Å². The van der Waals surface area contributed by atoms with Gasteiger partial charge in [0.1, 0.15) is 11.3 Å². The van der Waals surface area contributed by atoms with Crippen LogP contribution >= 0.6 is 11.3 Å². The highest BCUT2D eigenvalue weighted by Crippen LogP contribution is 2.33. The topological polar surface area (TPSA) is 46.5 Å². The third-order valence-corrected chi connectivity index (χ3v) is 3.12. The predicted molar refractivity (Wildman–Crippen MR) is 62.8 cm³/mol. The molecule has 0 atom stereocenters. The number of esters is 1. The smallest absolute Gasteiger partial charge is 0.342 e. The summed E-state index contributed by atoms with van der Waals surface area (Å²) in [4.78, 5) is 12.5. The van der Waals surface area contributed by atoms with Crippen LogP contribution in [-0.2, 0) is 4.74 Å². The summed E-state index contributed by atoms with van der Waals surface area (Å²) in [5, 5.41) is 11.6. The van der Waals surface area contributed by atoms with E-state index in [2.05, 4.69) is 4.74 Å². The average Bonchev–Trinajstić information content (AvgIpc) is 2.81. The molecule has 0 aliphatic carbocycles. The van der Waals surface area contributed by atoms with Gasteiger partial charge >= 0.3 is 5.97 Å². The minimum absolute atomic E-state index is 0.0576. The Kier molecular flexibility index (Phi) is 2.92. The number of thiophene rings is 1. The number of rotatable bonds is 2. The molecular formula is C12H10O3S. The lowest BCUT2D eigenvalue weighted by Crippen LogP contribution is -2.03. The molecule has 16 heavy (non-hydrogen) atoms. The van der Waals surface area contributed by atoms with Crippen molar-refractivity contribution in [3.05, 3.63) is 41.3 Å². The van der Waals surface area contributed by atoms with Crippen LogP contribution in [0.25, 0.3) is 10.4 Å². The van der Waals surface area contributed by atoms with Crippen molar-refractivity contribution >= 4 is 17.3 Å². The Morgan fingerprint density at radius 1 is 1.31 bits per heavy atom. The van der Waals surface area contributed by atoms with Gasteiger partial charge in [0.25, 0.3) is 0 Å². The van der Waals surface area contributed by atoms with Crippen LogP contribution in [0.15, 0.2) is 35.7 Å². The molecule has 0 aliphatic rings. The van der Waals surface area contributed by atoms with Crippen LogP contribution in [0.2, 0.25) is 0 Å². The molecule has 0 radical (unpaired) electrons. The maximum atomic E-state index is 11.6. The number of aromatic hydroxyl groups is 1. The molecule has 0 fully saturated rings. The van der Waals surface area contributed by atoms with Gasteiger partial charge in [-0.25, -0.2) is 4.79 Å². The van der Waals surface area contributed by atoms with Crippen molar-refractivity contribution < 1.29 is 14.6 Å². The molecule has 4 heteroatoms. The highest BCUT2D eigenvalue weighted by atomic mass is 32.1. The first-order valence-corrected chi connectivity index (χ1v) is 5.56. The molecule has 0 unspecified atom stereocenters. The lowest BCUT2D eigenvalue weighted by Gasteiger charge is -2.07. The van der Waals surface area contributed by atoms with Crippen molar-refractivity contribution in [3.8, 4) is 16.2 Å². The normalized spacial score (nSPS) is 10.1. The molecule has 0 bridgehead atoms. The summed E-state index contributed by atoms with van der Waals surface area (Å²) in [6.45, 7) is 0. The number of hydrogen-bond acceptors (Lipinski definition) is 4. The first-order chi connectivity index (χ1) is 7.74. The van der Waals surface area contributed by atoms with Gasteiger partial charge in [0.15, 0.2) is 0 Å². The molecule has 82 valence electrons. The van der Waals surface area contributed by atoms with Crippen LogP contribution in [0.3, 0.4) is 0 Å². The van der Waals surface area contributed by atoms with E-state index in [9.17, 15) is 9.90 Å². The standard InChI is InChI=1S/C12H10O3S/c1-15-12(14)11-8(4-2-5-9(11)13)10-6-3-7-16-10/h2-7,13H,1H3. The van der Waals surface area contributed by atoms with E-state index in [0.29, 0.717) is 5.56 Å². The van der Waals surface area contributed by atoms with Crippen LogP contribution in [-0.4, -0.2) is 18.2 Å². The first kappa shape index (κ1) is 10.7. The summed E-state index contributed by atoms with van der Waals surface area (Å²) in [5.41, 5.74) is 0.911. The minimum atomic E-state index is -0.526. The summed E-state index contributed by atoms with van der Waals surface area (Å²) < 4.78 is 4.66. The van der Waals surface area contributed by atoms with E-state index < -0.39 is 5.97 Å². The zero-order valence-corrected chi connectivity index (χ0v) is 9.45. The highest BCUT2D eigenvalue weighted by molar-refractivity contribution is 7.13. The Morgan fingerprint density at radius 3 is 2.75 bits per heavy atom. The Hall–Kier alpha value is -1.81. The van der Waals surface area contributed by atoms with Crippen molar-refractivity contribution in [2.75, 3.05) is 7.11 Å². The second kappa shape index (κ2) is 4.37. The zero-order chi connectivity index (χ0) is 11.5. The summed E-state index contributed by atoms with van der Waals surface area (Å²) in [6.07, 6.45) is 0. The van der Waals surface area contributed by atoms with Gasteiger partial charge in [0.2, 0.25) is 0 Å². The van der Waals surface area contributed by atoms with Crippen molar-refractivity contribution in [1.29, 1.82) is 0 Å². The number of benzene rings is 1. The minimum Gasteiger partial charge on any atom is -0.507 e. The fourth-order valence-corrected chi connectivity index (χ4v) is 2.25. The van der Waals surface area contributed by atoms with Crippen molar-refractivity contribution in [2.24, 2.45) is 0 Å². The van der Waals surface area contributed by atoms with E-state index in [0.717, 1.165) is 4.88 Å². The quantitative estimate of drug-likeness (QED) is 0.813. The fraction of sp³-hybridized carbons (Fsp3) is 0.0833. The number of phenolic OH excluding ortho intramolecular Hbond substituents is 1. The molecule has 2 aromatic rings. The van der Waals surface area contributed by atoms with Crippen molar-refractivity contribution in [2.45, 2.75) is 0 Å². The third kappa shape index (κ3) is 1.79. The Balaban J connectivity index is 2.62. The molecule has 1 aromatic heterocycles. The average molecular weight is 234 g/mol. The number of carbonyl (C=O) groups is 1. The molecule has 0 aliphatic heterocycles. The van der Waals surface area contributed by atoms with Gasteiger partial charge in [-0.2, -0.15) is 0 Å². The SMILES string of the molecule is COC(=O)c1c(O)cccc1-c1cccs1. The lowest BCUT2D eigenvalue weighted by atomic mass is 10.1. The summed E-state index contributed by atoms with van der Waals surface area (Å²) in [5.74, 6) is -0.584. The maximum absolute atomic E-state index is 11.6. The third-order valence-electron chi connectivity index (χ3n) is 2.22. The second-order valence-corrected chi connectivity index (χ2v) is 4.12. The van der Waals surface area contributed by atoms with E-state index in [-0.39, 0.29) is 11.3 Å². The lowest BCUT2D eigenvalue weighted by molar-refractivity contribution is 0.0598. The van der Waals surface area contributed by atoms with Crippen molar-refractivity contribution in [1.82, 2.24) is 0 Å². The highest BCUT2D eigenvalue weighted by Gasteiger charge is 2.17. The van der Waals surface area contributed by atoms with Gasteiger partial charge in [-0.15, -0.1) is 11.3 Å². The number of hydrogen-bond donors (Lipinski definition) is 1. The molecular weight excluding hydrogens is 224 g/mol. The maximum Gasteiger partial charge on any atom is 0.342 e. The van der Waals surface area contributed by atoms with Gasteiger partial charge in [-0.1, -0.05) is 18.2 Å². The van der Waals surface area contributed by atoms with E-state index in [1.54, 1.807) is 12.1 Å². The van der Waals surface area contributed by atoms with Crippen LogP contribution in [0, 0.1) is 0 Å². The zero-order valence-electron chi connectivity index (χ0n) is 8.64. The van der Waals surface area contributed by atoms with Gasteiger partial charge in [0.05, 0.1) is 7.11 Å². The summed E-state index contributed by atoms with van der Waals surface area (Å²) in [6, 6.07) is 8.76. The Bertz CT molecular complexity index is 503. The number of methoxy groups -OCH3 is 1. The fourth-order valence-electron chi connectivity index (χ4n) is 1.49. The van der Waals surface area contributed by atoms with Crippen LogP contribution in [0.4, 0.5) is 0 Å². The van der Waals surface area contributed by atoms with Gasteiger partial charge in [-0.3, -0.25) is 0 Å². The molecule has 0 spiro atoms. The Labute approximate surface area is 96.9 Å². The molecule has 0 saturated heterocycles. The molecule has 0 saturated carbocycles. The number of ether oxygens (including phenoxy) is 1. The van der Waals surface area contributed by atoms with Gasteiger partial charge < -0.3 is 9.84 Å². The van der Waals surface area contributed by atoms with E-state index in [1.807, 2.05) is 17.5 Å². The van der Waals surface area contributed by atoms with Gasteiger partial charge in [0, 0.05) is 10.4 Å².